The summed E-state index contributed by atoms with van der Waals surface area (Å²) in [6.07, 6.45) is 1.95. The van der Waals surface area contributed by atoms with E-state index in [1.54, 1.807) is 13.0 Å². The van der Waals surface area contributed by atoms with Crippen LogP contribution < -0.4 is 9.47 Å². The van der Waals surface area contributed by atoms with Gasteiger partial charge in [0, 0.05) is 5.56 Å². The van der Waals surface area contributed by atoms with E-state index in [0.717, 1.165) is 0 Å². The number of furan rings is 1. The first kappa shape index (κ1) is 12.4. The number of ether oxygens (including phenoxy) is 2. The maximum absolute atomic E-state index is 10.2. The summed E-state index contributed by atoms with van der Waals surface area (Å²) in [5, 5.41) is 10.2. The Morgan fingerprint density at radius 3 is 2.67 bits per heavy atom. The van der Waals surface area contributed by atoms with Crippen LogP contribution in [0.25, 0.3) is 0 Å². The molecule has 0 fully saturated rings. The zero-order chi connectivity index (χ0) is 13.1. The average molecular weight is 250 g/mol. The van der Waals surface area contributed by atoms with Crippen molar-refractivity contribution in [3.05, 3.63) is 35.5 Å². The summed E-state index contributed by atoms with van der Waals surface area (Å²) >= 11 is 0. The van der Waals surface area contributed by atoms with Crippen LogP contribution in [-0.4, -0.2) is 29.3 Å². The van der Waals surface area contributed by atoms with Gasteiger partial charge in [0.05, 0.1) is 26.7 Å². The predicted octanol–water partition coefficient (Wildman–Crippen LogP) is 1.48. The molecule has 2 heterocycles. The number of aliphatic hydroxyl groups excluding tert-OH is 1. The van der Waals surface area contributed by atoms with Crippen molar-refractivity contribution in [3.63, 3.8) is 0 Å². The molecule has 6 heteroatoms. The summed E-state index contributed by atoms with van der Waals surface area (Å²) in [6, 6.07) is 1.73. The summed E-state index contributed by atoms with van der Waals surface area (Å²) in [6.45, 7) is 1.80. The van der Waals surface area contributed by atoms with Crippen molar-refractivity contribution >= 4 is 0 Å². The highest BCUT2D eigenvalue weighted by molar-refractivity contribution is 5.31. The van der Waals surface area contributed by atoms with Crippen molar-refractivity contribution in [2.24, 2.45) is 0 Å². The molecule has 0 saturated carbocycles. The van der Waals surface area contributed by atoms with E-state index in [0.29, 0.717) is 22.9 Å². The summed E-state index contributed by atoms with van der Waals surface area (Å²) in [5.41, 5.74) is 0.921. The van der Waals surface area contributed by atoms with E-state index in [-0.39, 0.29) is 5.88 Å². The van der Waals surface area contributed by atoms with Crippen LogP contribution in [0.4, 0.5) is 0 Å². The molecule has 0 saturated heterocycles. The van der Waals surface area contributed by atoms with E-state index in [4.69, 9.17) is 13.9 Å². The Hall–Kier alpha value is -2.08. The average Bonchev–Trinajstić information content (AvgIpc) is 2.83. The maximum Gasteiger partial charge on any atom is 0.241 e. The first-order chi connectivity index (χ1) is 8.65. The van der Waals surface area contributed by atoms with Gasteiger partial charge in [-0.1, -0.05) is 0 Å². The Morgan fingerprint density at radius 1 is 1.33 bits per heavy atom. The molecule has 0 bridgehead atoms. The van der Waals surface area contributed by atoms with Gasteiger partial charge in [0.2, 0.25) is 11.8 Å². The molecular formula is C12H14N2O4. The van der Waals surface area contributed by atoms with Gasteiger partial charge >= 0.3 is 0 Å². The van der Waals surface area contributed by atoms with Gasteiger partial charge < -0.3 is 19.0 Å². The number of nitrogens with zero attached hydrogens (tertiary/aromatic N) is 2. The van der Waals surface area contributed by atoms with Crippen molar-refractivity contribution < 1.29 is 19.0 Å². The van der Waals surface area contributed by atoms with E-state index in [1.165, 1.54) is 26.7 Å². The minimum absolute atomic E-state index is 0.223. The highest BCUT2D eigenvalue weighted by atomic mass is 16.5. The van der Waals surface area contributed by atoms with Gasteiger partial charge in [0.25, 0.3) is 0 Å². The highest BCUT2D eigenvalue weighted by Gasteiger charge is 2.20. The molecule has 1 N–H and O–H groups in total. The number of aliphatic hydroxyl groups is 1. The van der Waals surface area contributed by atoms with Crippen LogP contribution in [0.1, 0.15) is 23.1 Å². The van der Waals surface area contributed by atoms with Crippen molar-refractivity contribution in [1.82, 2.24) is 9.97 Å². The molecule has 0 spiro atoms. The van der Waals surface area contributed by atoms with Crippen LogP contribution in [0.2, 0.25) is 0 Å². The second kappa shape index (κ2) is 5.05. The van der Waals surface area contributed by atoms with Crippen LogP contribution in [0, 0.1) is 6.92 Å². The maximum atomic E-state index is 10.2. The Morgan fingerprint density at radius 2 is 2.11 bits per heavy atom. The van der Waals surface area contributed by atoms with E-state index in [1.807, 2.05) is 0 Å². The zero-order valence-electron chi connectivity index (χ0n) is 10.4. The van der Waals surface area contributed by atoms with Gasteiger partial charge in [0.15, 0.2) is 0 Å². The molecule has 0 aliphatic heterocycles. The summed E-state index contributed by atoms with van der Waals surface area (Å²) < 4.78 is 15.2. The second-order valence-corrected chi connectivity index (χ2v) is 3.70. The third kappa shape index (κ3) is 2.28. The number of rotatable bonds is 4. The van der Waals surface area contributed by atoms with Gasteiger partial charge in [-0.25, -0.2) is 4.98 Å². The Kier molecular flexibility index (Phi) is 3.47. The lowest BCUT2D eigenvalue weighted by molar-refractivity contribution is 0.205. The molecule has 0 aliphatic rings. The lowest BCUT2D eigenvalue weighted by atomic mass is 10.1. The van der Waals surface area contributed by atoms with E-state index in [9.17, 15) is 5.11 Å². The standard InChI is InChI=1S/C12H14N2O4/c1-7-4-8(6-18-7)11(15)10-12(17-3)14-9(16-2)5-13-10/h4-6,11,15H,1-3H3. The molecule has 0 aromatic carbocycles. The first-order valence-electron chi connectivity index (χ1n) is 5.33. The Balaban J connectivity index is 2.38. The topological polar surface area (TPSA) is 77.6 Å². The Labute approximate surface area is 104 Å². The van der Waals surface area contributed by atoms with Gasteiger partial charge in [-0.05, 0) is 13.0 Å². The smallest absolute Gasteiger partial charge is 0.241 e. The van der Waals surface area contributed by atoms with E-state index in [2.05, 4.69) is 9.97 Å². The third-order valence-electron chi connectivity index (χ3n) is 2.47. The summed E-state index contributed by atoms with van der Waals surface area (Å²) in [7, 11) is 2.94. The van der Waals surface area contributed by atoms with Crippen LogP contribution in [-0.2, 0) is 0 Å². The van der Waals surface area contributed by atoms with Crippen molar-refractivity contribution in [2.45, 2.75) is 13.0 Å². The van der Waals surface area contributed by atoms with Gasteiger partial charge in [0.1, 0.15) is 17.6 Å². The minimum atomic E-state index is -0.948. The molecule has 1 unspecified atom stereocenters. The number of hydrogen-bond donors (Lipinski definition) is 1. The lowest BCUT2D eigenvalue weighted by Crippen LogP contribution is -2.06. The highest BCUT2D eigenvalue weighted by Crippen LogP contribution is 2.28. The number of methoxy groups -OCH3 is 2. The zero-order valence-corrected chi connectivity index (χ0v) is 10.4. The van der Waals surface area contributed by atoms with Gasteiger partial charge in [-0.3, -0.25) is 0 Å². The molecule has 0 aliphatic carbocycles. The second-order valence-electron chi connectivity index (χ2n) is 3.70. The molecule has 1 atom stereocenters. The lowest BCUT2D eigenvalue weighted by Gasteiger charge is -2.11. The molecule has 18 heavy (non-hydrogen) atoms. The summed E-state index contributed by atoms with van der Waals surface area (Å²) in [4.78, 5) is 8.17. The SMILES string of the molecule is COc1cnc(C(O)c2coc(C)c2)c(OC)n1. The van der Waals surface area contributed by atoms with Crippen LogP contribution >= 0.6 is 0 Å². The molecule has 2 aromatic heterocycles. The van der Waals surface area contributed by atoms with Crippen molar-refractivity contribution in [2.75, 3.05) is 14.2 Å². The van der Waals surface area contributed by atoms with Crippen molar-refractivity contribution in [3.8, 4) is 11.8 Å². The molecule has 96 valence electrons. The van der Waals surface area contributed by atoms with Crippen LogP contribution in [0.5, 0.6) is 11.8 Å². The first-order valence-corrected chi connectivity index (χ1v) is 5.33. The molecule has 6 nitrogen and oxygen atoms in total. The number of aryl methyl sites for hydroxylation is 1. The van der Waals surface area contributed by atoms with E-state index >= 15 is 0 Å². The molecule has 2 rings (SSSR count). The third-order valence-corrected chi connectivity index (χ3v) is 2.47. The largest absolute Gasteiger partial charge is 0.480 e. The summed E-state index contributed by atoms with van der Waals surface area (Å²) in [5.74, 6) is 1.26. The number of hydrogen-bond acceptors (Lipinski definition) is 6. The number of aromatic nitrogens is 2. The van der Waals surface area contributed by atoms with Crippen LogP contribution in [0.15, 0.2) is 22.9 Å². The molecule has 2 aromatic rings. The van der Waals surface area contributed by atoms with Crippen molar-refractivity contribution in [1.29, 1.82) is 0 Å². The van der Waals surface area contributed by atoms with Crippen LogP contribution in [0.3, 0.4) is 0 Å². The normalized spacial score (nSPS) is 12.2. The fourth-order valence-electron chi connectivity index (χ4n) is 1.57. The Bertz CT molecular complexity index is 539. The molecule has 0 amide bonds. The fourth-order valence-corrected chi connectivity index (χ4v) is 1.57. The fraction of sp³-hybridized carbons (Fsp3) is 0.333. The quantitative estimate of drug-likeness (QED) is 0.885. The predicted molar refractivity (Wildman–Crippen MR) is 62.6 cm³/mol. The van der Waals surface area contributed by atoms with Gasteiger partial charge in [-0.2, -0.15) is 4.98 Å². The monoisotopic (exact) mass is 250 g/mol. The molecule has 0 radical (unpaired) electrons. The van der Waals surface area contributed by atoms with Gasteiger partial charge in [-0.15, -0.1) is 0 Å². The van der Waals surface area contributed by atoms with E-state index < -0.39 is 6.10 Å². The molecular weight excluding hydrogens is 236 g/mol. The minimum Gasteiger partial charge on any atom is -0.480 e.